The molecule has 0 N–H and O–H groups in total. The van der Waals surface area contributed by atoms with E-state index in [9.17, 15) is 8.42 Å². The maximum atomic E-state index is 11.8. The summed E-state index contributed by atoms with van der Waals surface area (Å²) in [6, 6.07) is 9.13. The molecule has 0 bridgehead atoms. The molecule has 1 unspecified atom stereocenters. The number of hydrogen-bond acceptors (Lipinski definition) is 3. The third kappa shape index (κ3) is 3.33. The van der Waals surface area contributed by atoms with E-state index in [-0.39, 0.29) is 6.04 Å². The second-order valence-electron chi connectivity index (χ2n) is 4.63. The minimum Gasteiger partial charge on any atom is -0.283 e. The van der Waals surface area contributed by atoms with E-state index in [1.54, 1.807) is 0 Å². The van der Waals surface area contributed by atoms with Gasteiger partial charge >= 0.3 is 0 Å². The molecule has 3 nitrogen and oxygen atoms in total. The van der Waals surface area contributed by atoms with Gasteiger partial charge in [0.1, 0.15) is 0 Å². The predicted octanol–water partition coefficient (Wildman–Crippen LogP) is 2.88. The van der Waals surface area contributed by atoms with Crippen LogP contribution in [0.5, 0.6) is 0 Å². The second kappa shape index (κ2) is 5.41. The van der Waals surface area contributed by atoms with Crippen molar-refractivity contribution in [1.82, 2.24) is 0 Å². The van der Waals surface area contributed by atoms with Crippen LogP contribution in [-0.4, -0.2) is 30.6 Å². The van der Waals surface area contributed by atoms with Crippen LogP contribution in [-0.2, 0) is 9.84 Å². The molecule has 0 saturated carbocycles. The normalized spacial score (nSPS) is 16.7. The van der Waals surface area contributed by atoms with Gasteiger partial charge in [0, 0.05) is 12.3 Å². The zero-order valence-electron chi connectivity index (χ0n) is 11.0. The molecule has 1 atom stereocenters. The summed E-state index contributed by atoms with van der Waals surface area (Å²) in [5.74, 6) is 0. The van der Waals surface area contributed by atoms with E-state index in [0.29, 0.717) is 5.71 Å². The molecule has 18 heavy (non-hydrogen) atoms. The fourth-order valence-corrected chi connectivity index (χ4v) is 2.16. The first kappa shape index (κ1) is 15.2. The quantitative estimate of drug-likeness (QED) is 0.631. The number of benzene rings is 1. The van der Waals surface area contributed by atoms with Crippen LogP contribution in [0.4, 0.5) is 0 Å². The van der Waals surface area contributed by atoms with Gasteiger partial charge in [-0.3, -0.25) is 4.99 Å². The average molecular weight is 288 g/mol. The summed E-state index contributed by atoms with van der Waals surface area (Å²) >= 11 is 6.24. The molecule has 1 rings (SSSR count). The van der Waals surface area contributed by atoms with Crippen LogP contribution in [0.25, 0.3) is 0 Å². The van der Waals surface area contributed by atoms with Crippen LogP contribution in [0.1, 0.15) is 26.3 Å². The summed E-state index contributed by atoms with van der Waals surface area (Å²) in [6.07, 6.45) is 1.12. The Morgan fingerprint density at radius 1 is 1.28 bits per heavy atom. The number of halogens is 1. The van der Waals surface area contributed by atoms with Crippen molar-refractivity contribution >= 4 is 27.1 Å². The number of hydrogen-bond donors (Lipinski definition) is 0. The molecular weight excluding hydrogens is 270 g/mol. The highest BCUT2D eigenvalue weighted by Gasteiger charge is 2.39. The van der Waals surface area contributed by atoms with Crippen LogP contribution in [0, 0.1) is 0 Å². The number of alkyl halides is 1. The maximum Gasteiger partial charge on any atom is 0.184 e. The van der Waals surface area contributed by atoms with Gasteiger partial charge in [0.25, 0.3) is 0 Å². The smallest absolute Gasteiger partial charge is 0.184 e. The molecule has 1 aromatic carbocycles. The molecule has 0 aliphatic rings. The van der Waals surface area contributed by atoms with Gasteiger partial charge in [0.05, 0.1) is 5.71 Å². The highest BCUT2D eigenvalue weighted by Crippen LogP contribution is 2.28. The minimum atomic E-state index is -3.46. The van der Waals surface area contributed by atoms with Crippen molar-refractivity contribution in [2.24, 2.45) is 4.99 Å². The molecule has 0 spiro atoms. The standard InChI is InChI=1S/C13H18ClNO2S/c1-10(2)15-12(11-8-6-5-7-9-11)13(3,14)18(4,16)17/h5-10H,1-4H3. The fourth-order valence-electron chi connectivity index (χ4n) is 1.48. The molecule has 0 aromatic heterocycles. The van der Waals surface area contributed by atoms with E-state index in [1.165, 1.54) is 6.92 Å². The van der Waals surface area contributed by atoms with Gasteiger partial charge in [0.15, 0.2) is 14.0 Å². The van der Waals surface area contributed by atoms with Gasteiger partial charge in [0.2, 0.25) is 0 Å². The first-order valence-corrected chi connectivity index (χ1v) is 7.95. The first-order chi connectivity index (χ1) is 8.16. The van der Waals surface area contributed by atoms with Crippen molar-refractivity contribution in [1.29, 1.82) is 0 Å². The monoisotopic (exact) mass is 287 g/mol. The molecule has 0 saturated heterocycles. The molecule has 0 fully saturated rings. The van der Waals surface area contributed by atoms with E-state index >= 15 is 0 Å². The van der Waals surface area contributed by atoms with E-state index in [4.69, 9.17) is 11.6 Å². The van der Waals surface area contributed by atoms with Gasteiger partial charge < -0.3 is 0 Å². The van der Waals surface area contributed by atoms with E-state index in [0.717, 1.165) is 11.8 Å². The second-order valence-corrected chi connectivity index (χ2v) is 7.97. The molecule has 0 radical (unpaired) electrons. The summed E-state index contributed by atoms with van der Waals surface area (Å²) in [7, 11) is -3.46. The Balaban J connectivity index is 3.43. The lowest BCUT2D eigenvalue weighted by Crippen LogP contribution is -2.38. The largest absolute Gasteiger partial charge is 0.283 e. The summed E-state index contributed by atoms with van der Waals surface area (Å²) in [4.78, 5) is 4.39. The Morgan fingerprint density at radius 3 is 2.17 bits per heavy atom. The molecule has 0 heterocycles. The first-order valence-electron chi connectivity index (χ1n) is 5.68. The fraction of sp³-hybridized carbons (Fsp3) is 0.462. The lowest BCUT2D eigenvalue weighted by molar-refractivity contribution is 0.594. The highest BCUT2D eigenvalue weighted by atomic mass is 35.5. The van der Waals surface area contributed by atoms with Gasteiger partial charge in [-0.2, -0.15) is 0 Å². The Kier molecular flexibility index (Phi) is 4.56. The molecule has 5 heteroatoms. The van der Waals surface area contributed by atoms with E-state index in [2.05, 4.69) is 4.99 Å². The van der Waals surface area contributed by atoms with Crippen molar-refractivity contribution in [3.63, 3.8) is 0 Å². The minimum absolute atomic E-state index is 0.0277. The average Bonchev–Trinajstić information content (AvgIpc) is 2.25. The maximum absolute atomic E-state index is 11.8. The molecule has 0 aliphatic heterocycles. The Bertz CT molecular complexity index is 533. The van der Waals surface area contributed by atoms with Gasteiger partial charge in [-0.1, -0.05) is 41.9 Å². The number of rotatable bonds is 4. The zero-order chi connectivity index (χ0) is 14.0. The Morgan fingerprint density at radius 2 is 1.78 bits per heavy atom. The van der Waals surface area contributed by atoms with Gasteiger partial charge in [-0.05, 0) is 26.3 Å². The van der Waals surface area contributed by atoms with E-state index < -0.39 is 14.0 Å². The number of sulfone groups is 1. The van der Waals surface area contributed by atoms with Crippen molar-refractivity contribution in [3.05, 3.63) is 35.9 Å². The van der Waals surface area contributed by atoms with Crippen LogP contribution in [0.3, 0.4) is 0 Å². The number of aliphatic imine (C=N–C) groups is 1. The van der Waals surface area contributed by atoms with Crippen LogP contribution >= 0.6 is 11.6 Å². The topological polar surface area (TPSA) is 46.5 Å². The van der Waals surface area contributed by atoms with Gasteiger partial charge in [-0.25, -0.2) is 8.42 Å². The Hall–Kier alpha value is -0.870. The predicted molar refractivity (Wildman–Crippen MR) is 77.2 cm³/mol. The molecular formula is C13H18ClNO2S. The SMILES string of the molecule is CC(C)N=C(c1ccccc1)C(C)(Cl)S(C)(=O)=O. The molecule has 0 amide bonds. The van der Waals surface area contributed by atoms with E-state index in [1.807, 2.05) is 44.2 Å². The van der Waals surface area contributed by atoms with Crippen LogP contribution in [0.15, 0.2) is 35.3 Å². The highest BCUT2D eigenvalue weighted by molar-refractivity contribution is 7.94. The number of nitrogens with zero attached hydrogens (tertiary/aromatic N) is 1. The summed E-state index contributed by atoms with van der Waals surface area (Å²) in [6.45, 7) is 5.24. The summed E-state index contributed by atoms with van der Waals surface area (Å²) < 4.78 is 22.2. The Labute approximate surface area is 114 Å². The third-order valence-corrected chi connectivity index (χ3v) is 5.16. The van der Waals surface area contributed by atoms with Gasteiger partial charge in [-0.15, -0.1) is 0 Å². The van der Waals surface area contributed by atoms with Crippen molar-refractivity contribution in [2.45, 2.75) is 31.0 Å². The van der Waals surface area contributed by atoms with Crippen LogP contribution in [0.2, 0.25) is 0 Å². The van der Waals surface area contributed by atoms with Crippen molar-refractivity contribution < 1.29 is 8.42 Å². The summed E-state index contributed by atoms with van der Waals surface area (Å²) in [5.41, 5.74) is 1.12. The summed E-state index contributed by atoms with van der Waals surface area (Å²) in [5, 5.41) is 0. The molecule has 1 aromatic rings. The van der Waals surface area contributed by atoms with Crippen molar-refractivity contribution in [2.75, 3.05) is 6.26 Å². The zero-order valence-corrected chi connectivity index (χ0v) is 12.6. The molecule has 100 valence electrons. The third-order valence-electron chi connectivity index (χ3n) is 2.55. The molecule has 0 aliphatic carbocycles. The van der Waals surface area contributed by atoms with Crippen LogP contribution < -0.4 is 0 Å². The lowest BCUT2D eigenvalue weighted by Gasteiger charge is -2.23. The lowest BCUT2D eigenvalue weighted by atomic mass is 10.1. The van der Waals surface area contributed by atoms with Crippen molar-refractivity contribution in [3.8, 4) is 0 Å².